The number of ether oxygens (including phenoxy) is 1. The maximum atomic E-state index is 13.0. The molecule has 0 aliphatic rings. The Morgan fingerprint density at radius 2 is 1.68 bits per heavy atom. The molecule has 0 saturated heterocycles. The number of halogens is 1. The molecule has 0 heterocycles. The molecule has 0 atom stereocenters. The largest absolute Gasteiger partial charge is 0.488 e. The van der Waals surface area contributed by atoms with Crippen molar-refractivity contribution in [2.45, 2.75) is 20.5 Å². The van der Waals surface area contributed by atoms with E-state index in [0.717, 1.165) is 22.4 Å². The van der Waals surface area contributed by atoms with Crippen LogP contribution in [0.3, 0.4) is 0 Å². The van der Waals surface area contributed by atoms with Crippen LogP contribution in [-0.4, -0.2) is 30.3 Å². The predicted molar refractivity (Wildman–Crippen MR) is 124 cm³/mol. The SMILES string of the molecule is Cc1cccc(NC(=O)CN(C)C(=O)c2ccccc2OCc2ccc(Cl)cc2)c1C. The van der Waals surface area contributed by atoms with E-state index in [1.807, 2.05) is 44.2 Å². The van der Waals surface area contributed by atoms with Crippen LogP contribution in [0.1, 0.15) is 27.0 Å². The minimum atomic E-state index is -0.289. The van der Waals surface area contributed by atoms with Crippen LogP contribution in [-0.2, 0) is 11.4 Å². The Labute approximate surface area is 187 Å². The molecule has 3 rings (SSSR count). The van der Waals surface area contributed by atoms with Gasteiger partial charge in [-0.3, -0.25) is 9.59 Å². The normalized spacial score (nSPS) is 10.5. The molecule has 0 saturated carbocycles. The summed E-state index contributed by atoms with van der Waals surface area (Å²) in [5.74, 6) is -0.0869. The predicted octanol–water partition coefficient (Wildman–Crippen LogP) is 5.25. The van der Waals surface area contributed by atoms with Gasteiger partial charge in [-0.05, 0) is 60.9 Å². The molecule has 3 aromatic rings. The molecule has 0 spiro atoms. The van der Waals surface area contributed by atoms with Crippen molar-refractivity contribution < 1.29 is 14.3 Å². The third-order valence-electron chi connectivity index (χ3n) is 5.03. The lowest BCUT2D eigenvalue weighted by Gasteiger charge is -2.19. The Balaban J connectivity index is 1.65. The van der Waals surface area contributed by atoms with E-state index >= 15 is 0 Å². The first-order chi connectivity index (χ1) is 14.8. The quantitative estimate of drug-likeness (QED) is 0.550. The van der Waals surface area contributed by atoms with Crippen LogP contribution < -0.4 is 10.1 Å². The highest BCUT2D eigenvalue weighted by atomic mass is 35.5. The van der Waals surface area contributed by atoms with Crippen LogP contribution >= 0.6 is 11.6 Å². The third kappa shape index (κ3) is 5.86. The van der Waals surface area contributed by atoms with Gasteiger partial charge < -0.3 is 15.0 Å². The summed E-state index contributed by atoms with van der Waals surface area (Å²) in [5.41, 5.74) is 4.18. The van der Waals surface area contributed by atoms with Crippen LogP contribution in [0, 0.1) is 13.8 Å². The lowest BCUT2D eigenvalue weighted by atomic mass is 10.1. The fourth-order valence-corrected chi connectivity index (χ4v) is 3.21. The number of aryl methyl sites for hydroxylation is 1. The monoisotopic (exact) mass is 436 g/mol. The van der Waals surface area contributed by atoms with E-state index in [1.165, 1.54) is 4.90 Å². The molecule has 0 unspecified atom stereocenters. The first-order valence-electron chi connectivity index (χ1n) is 9.93. The van der Waals surface area contributed by atoms with Gasteiger partial charge in [0.1, 0.15) is 12.4 Å². The number of likely N-dealkylation sites (N-methyl/N-ethyl adjacent to an activating group) is 1. The second-order valence-corrected chi connectivity index (χ2v) is 7.80. The van der Waals surface area contributed by atoms with Gasteiger partial charge in [-0.15, -0.1) is 0 Å². The molecule has 1 N–H and O–H groups in total. The minimum absolute atomic E-state index is 0.0717. The third-order valence-corrected chi connectivity index (χ3v) is 5.28. The maximum absolute atomic E-state index is 13.0. The zero-order valence-corrected chi connectivity index (χ0v) is 18.6. The molecule has 0 fully saturated rings. The molecular weight excluding hydrogens is 412 g/mol. The van der Waals surface area contributed by atoms with Crippen LogP contribution in [0.4, 0.5) is 5.69 Å². The summed E-state index contributed by atoms with van der Waals surface area (Å²) in [5, 5.41) is 3.53. The lowest BCUT2D eigenvalue weighted by Crippen LogP contribution is -2.35. The zero-order chi connectivity index (χ0) is 22.4. The van der Waals surface area contributed by atoms with Gasteiger partial charge in [-0.2, -0.15) is 0 Å². The average molecular weight is 437 g/mol. The van der Waals surface area contributed by atoms with Crippen molar-refractivity contribution in [3.05, 3.63) is 94.0 Å². The highest BCUT2D eigenvalue weighted by Gasteiger charge is 2.19. The van der Waals surface area contributed by atoms with Crippen molar-refractivity contribution >= 4 is 29.1 Å². The summed E-state index contributed by atoms with van der Waals surface area (Å²) in [6, 6.07) is 20.1. The smallest absolute Gasteiger partial charge is 0.257 e. The van der Waals surface area contributed by atoms with Crippen molar-refractivity contribution in [2.75, 3.05) is 18.9 Å². The van der Waals surface area contributed by atoms with Crippen LogP contribution in [0.15, 0.2) is 66.7 Å². The fourth-order valence-electron chi connectivity index (χ4n) is 3.08. The first kappa shape index (κ1) is 22.4. The Morgan fingerprint density at radius 1 is 0.968 bits per heavy atom. The molecule has 0 aromatic heterocycles. The average Bonchev–Trinajstić information content (AvgIpc) is 2.76. The first-order valence-corrected chi connectivity index (χ1v) is 10.3. The standard InChI is InChI=1S/C25H25ClN2O3/c1-17-7-6-9-22(18(17)2)27-24(29)15-28(3)25(30)21-8-4-5-10-23(21)31-16-19-11-13-20(26)14-12-19/h4-14H,15-16H2,1-3H3,(H,27,29). The number of para-hydroxylation sites is 1. The van der Waals surface area contributed by atoms with Crippen molar-refractivity contribution in [3.8, 4) is 5.75 Å². The Hall–Kier alpha value is -3.31. The molecule has 0 bridgehead atoms. The van der Waals surface area contributed by atoms with Gasteiger partial charge in [-0.25, -0.2) is 0 Å². The van der Waals surface area contributed by atoms with Gasteiger partial charge in [0.25, 0.3) is 5.91 Å². The lowest BCUT2D eigenvalue weighted by molar-refractivity contribution is -0.116. The number of carbonyl (C=O) groups is 2. The topological polar surface area (TPSA) is 58.6 Å². The van der Waals surface area contributed by atoms with E-state index in [0.29, 0.717) is 22.9 Å². The number of benzene rings is 3. The molecule has 0 aliphatic carbocycles. The van der Waals surface area contributed by atoms with Crippen molar-refractivity contribution in [1.82, 2.24) is 4.90 Å². The van der Waals surface area contributed by atoms with Crippen LogP contribution in [0.5, 0.6) is 5.75 Å². The van der Waals surface area contributed by atoms with Crippen molar-refractivity contribution in [2.24, 2.45) is 0 Å². The summed E-state index contributed by atoms with van der Waals surface area (Å²) >= 11 is 5.92. The molecule has 5 nitrogen and oxygen atoms in total. The number of carbonyl (C=O) groups excluding carboxylic acids is 2. The molecule has 160 valence electrons. The second kappa shape index (κ2) is 10.1. The summed E-state index contributed by atoms with van der Waals surface area (Å²) in [7, 11) is 1.60. The molecule has 6 heteroatoms. The second-order valence-electron chi connectivity index (χ2n) is 7.37. The molecule has 0 radical (unpaired) electrons. The molecular formula is C25H25ClN2O3. The van der Waals surface area contributed by atoms with E-state index in [4.69, 9.17) is 16.3 Å². The van der Waals surface area contributed by atoms with E-state index in [1.54, 1.807) is 43.4 Å². The minimum Gasteiger partial charge on any atom is -0.488 e. The molecule has 31 heavy (non-hydrogen) atoms. The molecule has 3 aromatic carbocycles. The van der Waals surface area contributed by atoms with E-state index in [2.05, 4.69) is 5.32 Å². The van der Waals surface area contributed by atoms with Crippen molar-refractivity contribution in [3.63, 3.8) is 0 Å². The van der Waals surface area contributed by atoms with Gasteiger partial charge in [0.05, 0.1) is 12.1 Å². The maximum Gasteiger partial charge on any atom is 0.257 e. The Morgan fingerprint density at radius 3 is 2.42 bits per heavy atom. The van der Waals surface area contributed by atoms with Gasteiger partial charge in [0, 0.05) is 17.8 Å². The number of rotatable bonds is 7. The molecule has 0 aliphatic heterocycles. The number of anilines is 1. The van der Waals surface area contributed by atoms with E-state index < -0.39 is 0 Å². The van der Waals surface area contributed by atoms with Crippen LogP contribution in [0.25, 0.3) is 0 Å². The summed E-state index contributed by atoms with van der Waals surface area (Å²) in [6.45, 7) is 4.17. The van der Waals surface area contributed by atoms with Gasteiger partial charge in [0.2, 0.25) is 5.91 Å². The summed E-state index contributed by atoms with van der Waals surface area (Å²) in [6.07, 6.45) is 0. The number of amides is 2. The summed E-state index contributed by atoms with van der Waals surface area (Å²) < 4.78 is 5.87. The number of hydrogen-bond donors (Lipinski definition) is 1. The fraction of sp³-hybridized carbons (Fsp3) is 0.200. The molecule has 2 amide bonds. The van der Waals surface area contributed by atoms with E-state index in [9.17, 15) is 9.59 Å². The zero-order valence-electron chi connectivity index (χ0n) is 17.8. The van der Waals surface area contributed by atoms with Gasteiger partial charge in [-0.1, -0.05) is 48.0 Å². The van der Waals surface area contributed by atoms with Gasteiger partial charge in [0.15, 0.2) is 0 Å². The number of nitrogens with one attached hydrogen (secondary N) is 1. The summed E-state index contributed by atoms with van der Waals surface area (Å²) in [4.78, 5) is 26.9. The highest BCUT2D eigenvalue weighted by molar-refractivity contribution is 6.30. The number of nitrogens with zero attached hydrogens (tertiary/aromatic N) is 1. The van der Waals surface area contributed by atoms with E-state index in [-0.39, 0.29) is 18.4 Å². The number of hydrogen-bond acceptors (Lipinski definition) is 3. The van der Waals surface area contributed by atoms with Crippen LogP contribution in [0.2, 0.25) is 5.02 Å². The Kier molecular flexibility index (Phi) is 7.32. The highest BCUT2D eigenvalue weighted by Crippen LogP contribution is 2.22. The van der Waals surface area contributed by atoms with Gasteiger partial charge >= 0.3 is 0 Å². The Bertz CT molecular complexity index is 1080. The van der Waals surface area contributed by atoms with Crippen molar-refractivity contribution in [1.29, 1.82) is 0 Å².